The van der Waals surface area contributed by atoms with Gasteiger partial charge < -0.3 is 9.80 Å². The maximum absolute atomic E-state index is 12.4. The molecule has 4 rings (SSSR count). The molecule has 3 heteroatoms. The molecule has 0 bridgehead atoms. The molecule has 2 fully saturated rings. The Morgan fingerprint density at radius 3 is 2.67 bits per heavy atom. The van der Waals surface area contributed by atoms with Crippen LogP contribution in [0.5, 0.6) is 0 Å². The minimum absolute atomic E-state index is 0.347. The van der Waals surface area contributed by atoms with E-state index in [1.165, 1.54) is 11.3 Å². The van der Waals surface area contributed by atoms with E-state index in [9.17, 15) is 4.79 Å². The number of nitrogens with zero attached hydrogens (tertiary/aromatic N) is 2. The van der Waals surface area contributed by atoms with E-state index in [1.807, 2.05) is 0 Å². The number of carbonyl (C=O) groups excluding carboxylic acids is 1. The molecule has 0 aromatic heterocycles. The number of piperidine rings is 1. The summed E-state index contributed by atoms with van der Waals surface area (Å²) in [7, 11) is 0. The number of hydrogen-bond acceptors (Lipinski definition) is 2. The number of anilines is 1. The molecular weight excluding hydrogens is 260 g/mol. The largest absolute Gasteiger partial charge is 0.365 e. The zero-order chi connectivity index (χ0) is 14.6. The molecule has 0 N–H and O–H groups in total. The van der Waals surface area contributed by atoms with E-state index in [0.717, 1.165) is 32.4 Å². The summed E-state index contributed by atoms with van der Waals surface area (Å²) >= 11 is 0. The van der Waals surface area contributed by atoms with Crippen molar-refractivity contribution in [2.75, 3.05) is 18.0 Å². The maximum Gasteiger partial charge on any atom is 0.225 e. The van der Waals surface area contributed by atoms with Crippen molar-refractivity contribution in [2.45, 2.75) is 51.1 Å². The Morgan fingerprint density at radius 2 is 1.95 bits per heavy atom. The van der Waals surface area contributed by atoms with Crippen LogP contribution in [0.4, 0.5) is 5.69 Å². The van der Waals surface area contributed by atoms with E-state index in [-0.39, 0.29) is 0 Å². The fraction of sp³-hybridized carbons (Fsp3) is 0.611. The Balaban J connectivity index is 1.64. The lowest BCUT2D eigenvalue weighted by Crippen LogP contribution is -2.50. The second-order valence-corrected chi connectivity index (χ2v) is 7.08. The Labute approximate surface area is 126 Å². The summed E-state index contributed by atoms with van der Waals surface area (Å²) in [6.45, 7) is 6.41. The van der Waals surface area contributed by atoms with Gasteiger partial charge in [-0.05, 0) is 44.7 Å². The number of fused-ring (bicyclic) bond motifs is 3. The van der Waals surface area contributed by atoms with Crippen molar-refractivity contribution in [1.82, 2.24) is 4.90 Å². The minimum atomic E-state index is 0.347. The maximum atomic E-state index is 12.4. The van der Waals surface area contributed by atoms with Gasteiger partial charge in [0.25, 0.3) is 0 Å². The summed E-state index contributed by atoms with van der Waals surface area (Å²) in [6, 6.07) is 9.89. The Morgan fingerprint density at radius 1 is 1.19 bits per heavy atom. The highest BCUT2D eigenvalue weighted by Crippen LogP contribution is 2.46. The molecule has 3 nitrogen and oxygen atoms in total. The van der Waals surface area contributed by atoms with Crippen molar-refractivity contribution >= 4 is 11.6 Å². The summed E-state index contributed by atoms with van der Waals surface area (Å²) in [5, 5.41) is 0. The van der Waals surface area contributed by atoms with Crippen LogP contribution in [0.2, 0.25) is 0 Å². The molecule has 1 aliphatic carbocycles. The molecule has 1 aromatic carbocycles. The third-order valence-electron chi connectivity index (χ3n) is 5.34. The third-order valence-corrected chi connectivity index (χ3v) is 5.34. The summed E-state index contributed by atoms with van der Waals surface area (Å²) in [5.74, 6) is 1.26. The van der Waals surface area contributed by atoms with Crippen molar-refractivity contribution in [3.05, 3.63) is 29.8 Å². The van der Waals surface area contributed by atoms with Crippen LogP contribution < -0.4 is 4.90 Å². The van der Waals surface area contributed by atoms with Crippen LogP contribution in [0.25, 0.3) is 0 Å². The topological polar surface area (TPSA) is 23.6 Å². The van der Waals surface area contributed by atoms with E-state index in [4.69, 9.17) is 0 Å². The van der Waals surface area contributed by atoms with Crippen LogP contribution in [0.3, 0.4) is 0 Å². The lowest BCUT2D eigenvalue weighted by Gasteiger charge is -2.40. The van der Waals surface area contributed by atoms with E-state index in [0.29, 0.717) is 29.8 Å². The summed E-state index contributed by atoms with van der Waals surface area (Å²) in [5.41, 5.74) is 2.84. The van der Waals surface area contributed by atoms with Gasteiger partial charge in [-0.1, -0.05) is 18.2 Å². The van der Waals surface area contributed by atoms with Crippen molar-refractivity contribution in [1.29, 1.82) is 0 Å². The summed E-state index contributed by atoms with van der Waals surface area (Å²) in [6.07, 6.45) is 3.33. The highest BCUT2D eigenvalue weighted by Gasteiger charge is 2.45. The van der Waals surface area contributed by atoms with Crippen molar-refractivity contribution in [2.24, 2.45) is 5.92 Å². The van der Waals surface area contributed by atoms with Crippen LogP contribution in [-0.4, -0.2) is 36.0 Å². The molecule has 1 saturated heterocycles. The number of likely N-dealkylation sites (tertiary alicyclic amines) is 1. The van der Waals surface area contributed by atoms with Crippen LogP contribution in [-0.2, 0) is 4.79 Å². The summed E-state index contributed by atoms with van der Waals surface area (Å²) in [4.78, 5) is 17.1. The molecule has 112 valence electrons. The zero-order valence-corrected chi connectivity index (χ0v) is 13.0. The molecule has 3 aliphatic rings. The van der Waals surface area contributed by atoms with Gasteiger partial charge in [0.2, 0.25) is 5.91 Å². The van der Waals surface area contributed by atoms with Gasteiger partial charge in [0, 0.05) is 42.7 Å². The van der Waals surface area contributed by atoms with E-state index < -0.39 is 0 Å². The van der Waals surface area contributed by atoms with Gasteiger partial charge >= 0.3 is 0 Å². The van der Waals surface area contributed by atoms with E-state index in [2.05, 4.69) is 47.9 Å². The van der Waals surface area contributed by atoms with Crippen LogP contribution in [0, 0.1) is 5.92 Å². The molecule has 1 aromatic rings. The normalized spacial score (nSPS) is 27.8. The van der Waals surface area contributed by atoms with Crippen LogP contribution in [0.1, 0.15) is 44.6 Å². The minimum Gasteiger partial charge on any atom is -0.365 e. The molecule has 0 unspecified atom stereocenters. The smallest absolute Gasteiger partial charge is 0.225 e. The number of hydrogen-bond donors (Lipinski definition) is 0. The van der Waals surface area contributed by atoms with Crippen molar-refractivity contribution in [3.8, 4) is 0 Å². The third kappa shape index (κ3) is 2.05. The summed E-state index contributed by atoms with van der Waals surface area (Å²) < 4.78 is 0. The van der Waals surface area contributed by atoms with Gasteiger partial charge in [-0.25, -0.2) is 0 Å². The first-order chi connectivity index (χ1) is 10.2. The number of carbonyl (C=O) groups is 1. The average molecular weight is 284 g/mol. The SMILES string of the molecule is CC(C)N1c2ccccc2[C@@H]2CN(C(=O)C3CC3)CC[C@@H]21. The molecule has 1 saturated carbocycles. The van der Waals surface area contributed by atoms with Crippen LogP contribution in [0.15, 0.2) is 24.3 Å². The standard InChI is InChI=1S/C18H24N2O/c1-12(2)20-16-6-4-3-5-14(16)15-11-19(10-9-17(15)20)18(21)13-7-8-13/h3-6,12-13,15,17H,7-11H2,1-2H3/t15-,17-/m0/s1. The number of benzene rings is 1. The first kappa shape index (κ1) is 13.2. The van der Waals surface area contributed by atoms with Gasteiger partial charge in [0.1, 0.15) is 0 Å². The molecule has 1 amide bonds. The van der Waals surface area contributed by atoms with Gasteiger partial charge in [-0.3, -0.25) is 4.79 Å². The first-order valence-corrected chi connectivity index (χ1v) is 8.33. The predicted octanol–water partition coefficient (Wildman–Crippen LogP) is 3.01. The quantitative estimate of drug-likeness (QED) is 0.833. The highest BCUT2D eigenvalue weighted by molar-refractivity contribution is 5.81. The fourth-order valence-corrected chi connectivity index (χ4v) is 4.24. The van der Waals surface area contributed by atoms with E-state index >= 15 is 0 Å². The van der Waals surface area contributed by atoms with Gasteiger partial charge in [-0.15, -0.1) is 0 Å². The van der Waals surface area contributed by atoms with E-state index in [1.54, 1.807) is 0 Å². The monoisotopic (exact) mass is 284 g/mol. The predicted molar refractivity (Wildman–Crippen MR) is 84.5 cm³/mol. The van der Waals surface area contributed by atoms with Gasteiger partial charge in [-0.2, -0.15) is 0 Å². The van der Waals surface area contributed by atoms with Gasteiger partial charge in [0.15, 0.2) is 0 Å². The van der Waals surface area contributed by atoms with Gasteiger partial charge in [0.05, 0.1) is 0 Å². The van der Waals surface area contributed by atoms with Crippen LogP contribution >= 0.6 is 0 Å². The second kappa shape index (κ2) is 4.75. The second-order valence-electron chi connectivity index (χ2n) is 7.08. The van der Waals surface area contributed by atoms with Crippen molar-refractivity contribution < 1.29 is 4.79 Å². The molecule has 2 atom stereocenters. The lowest BCUT2D eigenvalue weighted by atomic mass is 9.88. The molecule has 2 heterocycles. The molecular formula is C18H24N2O. The Bertz CT molecular complexity index is 564. The lowest BCUT2D eigenvalue weighted by molar-refractivity contribution is -0.133. The average Bonchev–Trinajstić information content (AvgIpc) is 3.27. The fourth-order valence-electron chi connectivity index (χ4n) is 4.24. The number of amides is 1. The molecule has 21 heavy (non-hydrogen) atoms. The Hall–Kier alpha value is -1.51. The first-order valence-electron chi connectivity index (χ1n) is 8.33. The molecule has 0 radical (unpaired) electrons. The Kier molecular flexibility index (Phi) is 2.98. The highest BCUT2D eigenvalue weighted by atomic mass is 16.2. The molecule has 0 spiro atoms. The number of rotatable bonds is 2. The zero-order valence-electron chi connectivity index (χ0n) is 13.0. The van der Waals surface area contributed by atoms with Crippen molar-refractivity contribution in [3.63, 3.8) is 0 Å². The molecule has 2 aliphatic heterocycles. The number of para-hydroxylation sites is 1.